The molecule has 0 atom stereocenters. The van der Waals surface area contributed by atoms with E-state index < -0.39 is 0 Å². The van der Waals surface area contributed by atoms with Gasteiger partial charge in [0, 0.05) is 18.2 Å². The third kappa shape index (κ3) is 18.2. The van der Waals surface area contributed by atoms with Crippen LogP contribution in [0.3, 0.4) is 0 Å². The van der Waals surface area contributed by atoms with Crippen molar-refractivity contribution in [3.05, 3.63) is 84.4 Å². The van der Waals surface area contributed by atoms with Gasteiger partial charge in [-0.3, -0.25) is 0 Å². The van der Waals surface area contributed by atoms with Crippen LogP contribution in [0.2, 0.25) is 0 Å². The minimum absolute atomic E-state index is 0. The lowest BCUT2D eigenvalue weighted by molar-refractivity contribution is -0.903. The largest absolute Gasteiger partial charge is 1.00 e. The molecule has 0 spiro atoms. The maximum Gasteiger partial charge on any atom is 0.104 e. The van der Waals surface area contributed by atoms with Crippen LogP contribution in [0.25, 0.3) is 0 Å². The molecule has 0 aliphatic rings. The summed E-state index contributed by atoms with van der Waals surface area (Å²) in [5.41, 5.74) is 2.86. The lowest BCUT2D eigenvalue weighted by Crippen LogP contribution is -3.00. The molecule has 0 saturated heterocycles. The molecule has 0 N–H and O–H groups in total. The average Bonchev–Trinajstić information content (AvgIpc) is 2.74. The van der Waals surface area contributed by atoms with Gasteiger partial charge < -0.3 is 36.0 Å². The second kappa shape index (κ2) is 18.5. The van der Waals surface area contributed by atoms with Gasteiger partial charge in [0.2, 0.25) is 0 Å². The van der Waals surface area contributed by atoms with E-state index in [0.717, 1.165) is 22.1 Å². The zero-order valence-electron chi connectivity index (χ0n) is 21.9. The van der Waals surface area contributed by atoms with Gasteiger partial charge in [0.05, 0.1) is 41.3 Å². The molecule has 0 bridgehead atoms. The van der Waals surface area contributed by atoms with Crippen LogP contribution in [-0.4, -0.2) is 63.2 Å². The van der Waals surface area contributed by atoms with Crippen molar-refractivity contribution >= 4 is 5.90 Å². The summed E-state index contributed by atoms with van der Waals surface area (Å²) in [6.07, 6.45) is 3.67. The summed E-state index contributed by atoms with van der Waals surface area (Å²) >= 11 is 0. The van der Waals surface area contributed by atoms with Crippen molar-refractivity contribution in [1.29, 1.82) is 0 Å². The first kappa shape index (κ1) is 33.2. The molecule has 0 aliphatic carbocycles. The van der Waals surface area contributed by atoms with Crippen LogP contribution in [0.15, 0.2) is 78.3 Å². The second-order valence-electron chi connectivity index (χ2n) is 9.37. The van der Waals surface area contributed by atoms with Crippen LogP contribution in [0.5, 0.6) is 0 Å². The summed E-state index contributed by atoms with van der Waals surface area (Å²) in [5.74, 6) is -0.269. The van der Waals surface area contributed by atoms with Gasteiger partial charge in [0.15, 0.2) is 0 Å². The third-order valence-corrected chi connectivity index (χ3v) is 4.96. The minimum Gasteiger partial charge on any atom is -1.00 e. The molecule has 0 unspecified atom stereocenters. The van der Waals surface area contributed by atoms with Crippen LogP contribution in [-0.2, 0) is 13.1 Å². The van der Waals surface area contributed by atoms with Crippen molar-refractivity contribution < 1.29 is 31.1 Å². The van der Waals surface area contributed by atoms with E-state index in [-0.39, 0.29) is 22.9 Å². The number of hydrogen-bond acceptors (Lipinski definition) is 2. The summed E-state index contributed by atoms with van der Waals surface area (Å²) in [6, 6.07) is 21.4. The molecule has 0 fully saturated rings. The minimum atomic E-state index is -0.269. The number of halogens is 1. The standard InChI is InChI=1S/2C12H20N.C4H7NO.BrH/c2*1-4-10-13(2,3)11-12-8-6-5-7-9-12;1-3-4(6)5-2;/h2*5-9H,4,10-11H2,1-3H3;3H,1H2,2H3,(H,5,6);1H/q2*+1;;/p-2. The van der Waals surface area contributed by atoms with Crippen molar-refractivity contribution in [3.63, 3.8) is 0 Å². The molecule has 0 saturated carbocycles. The van der Waals surface area contributed by atoms with E-state index >= 15 is 0 Å². The predicted octanol–water partition coefficient (Wildman–Crippen LogP) is 1.91. The Morgan fingerprint density at radius 2 is 1.12 bits per heavy atom. The quantitative estimate of drug-likeness (QED) is 0.283. The highest BCUT2D eigenvalue weighted by molar-refractivity contribution is 5.82. The summed E-state index contributed by atoms with van der Waals surface area (Å²) in [6.45, 7) is 12.4. The van der Waals surface area contributed by atoms with E-state index in [0.29, 0.717) is 0 Å². The predicted molar refractivity (Wildman–Crippen MR) is 138 cm³/mol. The van der Waals surface area contributed by atoms with Crippen LogP contribution >= 0.6 is 0 Å². The first-order valence-corrected chi connectivity index (χ1v) is 11.6. The Morgan fingerprint density at radius 1 is 0.788 bits per heavy atom. The number of nitrogens with zero attached hydrogens (tertiary/aromatic N) is 3. The van der Waals surface area contributed by atoms with E-state index in [2.05, 4.69) is 114 Å². The van der Waals surface area contributed by atoms with Gasteiger partial charge in [-0.1, -0.05) is 87.2 Å². The van der Waals surface area contributed by atoms with Crippen molar-refractivity contribution in [2.45, 2.75) is 39.8 Å². The molecule has 2 aromatic rings. The van der Waals surface area contributed by atoms with Gasteiger partial charge >= 0.3 is 0 Å². The van der Waals surface area contributed by atoms with Crippen LogP contribution in [0, 0.1) is 0 Å². The van der Waals surface area contributed by atoms with Crippen molar-refractivity contribution in [3.8, 4) is 0 Å². The normalized spacial score (nSPS) is 11.2. The van der Waals surface area contributed by atoms with E-state index in [9.17, 15) is 5.11 Å². The number of rotatable bonds is 9. The summed E-state index contributed by atoms with van der Waals surface area (Å²) < 4.78 is 2.17. The van der Waals surface area contributed by atoms with Crippen molar-refractivity contribution in [1.82, 2.24) is 0 Å². The molecular formula is C28H46BrN3O. The van der Waals surface area contributed by atoms with Crippen LogP contribution < -0.4 is 22.1 Å². The lowest BCUT2D eigenvalue weighted by Gasteiger charge is -2.29. The molecule has 0 amide bonds. The van der Waals surface area contributed by atoms with Crippen LogP contribution in [0.4, 0.5) is 0 Å². The van der Waals surface area contributed by atoms with E-state index in [4.69, 9.17) is 0 Å². The Morgan fingerprint density at radius 3 is 1.33 bits per heavy atom. The molecule has 4 nitrogen and oxygen atoms in total. The number of benzene rings is 2. The molecule has 0 radical (unpaired) electrons. The van der Waals surface area contributed by atoms with Gasteiger partial charge in [0.1, 0.15) is 13.1 Å². The van der Waals surface area contributed by atoms with Crippen molar-refractivity contribution in [2.75, 3.05) is 48.3 Å². The summed E-state index contributed by atoms with van der Waals surface area (Å²) in [5, 5.41) is 9.90. The molecule has 2 aromatic carbocycles. The lowest BCUT2D eigenvalue weighted by atomic mass is 10.2. The fraction of sp³-hybridized carbons (Fsp3) is 0.464. The van der Waals surface area contributed by atoms with Gasteiger partial charge in [-0.25, -0.2) is 0 Å². The van der Waals surface area contributed by atoms with E-state index in [1.165, 1.54) is 50.2 Å². The SMILES string of the molecule is C=CC([O-])=NC.CCC[N+](C)(C)Cc1ccccc1.CCC[N+](C)(C)Cc1ccccc1.[Br-]. The molecular weight excluding hydrogens is 474 g/mol. The fourth-order valence-electron chi connectivity index (χ4n) is 3.62. The highest BCUT2D eigenvalue weighted by Gasteiger charge is 2.14. The molecule has 0 heterocycles. The molecule has 5 heteroatoms. The second-order valence-corrected chi connectivity index (χ2v) is 9.37. The third-order valence-electron chi connectivity index (χ3n) is 4.96. The molecule has 0 aliphatic heterocycles. The van der Waals surface area contributed by atoms with Gasteiger partial charge in [-0.05, 0) is 18.7 Å². The first-order chi connectivity index (χ1) is 15.1. The zero-order chi connectivity index (χ0) is 24.5. The molecule has 33 heavy (non-hydrogen) atoms. The smallest absolute Gasteiger partial charge is 0.104 e. The number of quaternary nitrogens is 2. The topological polar surface area (TPSA) is 35.4 Å². The Kier molecular flexibility index (Phi) is 18.6. The highest BCUT2D eigenvalue weighted by Crippen LogP contribution is 2.10. The fourth-order valence-corrected chi connectivity index (χ4v) is 3.62. The van der Waals surface area contributed by atoms with E-state index in [1.54, 1.807) is 0 Å². The Hall–Kier alpha value is -1.95. The van der Waals surface area contributed by atoms with Crippen molar-refractivity contribution in [2.24, 2.45) is 4.99 Å². The van der Waals surface area contributed by atoms with Gasteiger partial charge in [-0.2, -0.15) is 0 Å². The Balaban J connectivity index is 0. The van der Waals surface area contributed by atoms with Gasteiger partial charge in [-0.15, -0.1) is 0 Å². The number of aliphatic imine (C=N–C) groups is 1. The zero-order valence-corrected chi connectivity index (χ0v) is 23.5. The van der Waals surface area contributed by atoms with Gasteiger partial charge in [0.25, 0.3) is 0 Å². The average molecular weight is 521 g/mol. The Labute approximate surface area is 214 Å². The van der Waals surface area contributed by atoms with Crippen LogP contribution in [0.1, 0.15) is 37.8 Å². The molecule has 0 aromatic heterocycles. The number of hydrogen-bond donors (Lipinski definition) is 0. The first-order valence-electron chi connectivity index (χ1n) is 11.6. The maximum absolute atomic E-state index is 9.90. The highest BCUT2D eigenvalue weighted by atomic mass is 79.9. The monoisotopic (exact) mass is 519 g/mol. The summed E-state index contributed by atoms with van der Waals surface area (Å²) in [7, 11) is 10.6. The van der Waals surface area contributed by atoms with E-state index in [1.807, 2.05) is 0 Å². The maximum atomic E-state index is 9.90. The molecule has 2 rings (SSSR count). The summed E-state index contributed by atoms with van der Waals surface area (Å²) in [4.78, 5) is 3.25. The molecule has 186 valence electrons. The Bertz CT molecular complexity index is 704.